The summed E-state index contributed by atoms with van der Waals surface area (Å²) in [4.78, 5) is 5.19. The number of rotatable bonds is 18. The molecule has 276 valence electrons. The fraction of sp³-hybridized carbons (Fsp3) is 0.447. The first-order chi connectivity index (χ1) is 26.0. The van der Waals surface area contributed by atoms with Gasteiger partial charge >= 0.3 is 0 Å². The van der Waals surface area contributed by atoms with Crippen LogP contribution in [0.1, 0.15) is 131 Å². The molecule has 0 bridgehead atoms. The van der Waals surface area contributed by atoms with Gasteiger partial charge in [0.15, 0.2) is 0 Å². The first kappa shape index (κ1) is 36.6. The summed E-state index contributed by atoms with van der Waals surface area (Å²) in [7, 11) is 0. The molecule has 4 heterocycles. The summed E-state index contributed by atoms with van der Waals surface area (Å²) < 4.78 is 12.5. The fourth-order valence-electron chi connectivity index (χ4n) is 9.02. The van der Waals surface area contributed by atoms with Gasteiger partial charge in [0.2, 0.25) is 0 Å². The maximum Gasteiger partial charge on any atom is 0.114 e. The zero-order chi connectivity index (χ0) is 36.3. The molecule has 0 aliphatic heterocycles. The van der Waals surface area contributed by atoms with Gasteiger partial charge in [-0.3, -0.25) is 0 Å². The molecule has 0 fully saturated rings. The van der Waals surface area contributed by atoms with Gasteiger partial charge in [0, 0.05) is 53.0 Å². The average Bonchev–Trinajstić information content (AvgIpc) is 3.99. The van der Waals surface area contributed by atoms with Gasteiger partial charge in [0.05, 0.1) is 17.2 Å². The molecule has 8 rings (SSSR count). The van der Waals surface area contributed by atoms with Gasteiger partial charge in [-0.2, -0.15) is 8.75 Å². The molecule has 0 atom stereocenters. The van der Waals surface area contributed by atoms with Gasteiger partial charge in [-0.1, -0.05) is 109 Å². The van der Waals surface area contributed by atoms with Crippen molar-refractivity contribution < 1.29 is 0 Å². The van der Waals surface area contributed by atoms with Crippen molar-refractivity contribution in [2.45, 2.75) is 136 Å². The Morgan fingerprint density at radius 2 is 1.13 bits per heavy atom. The van der Waals surface area contributed by atoms with Gasteiger partial charge in [0.25, 0.3) is 0 Å². The van der Waals surface area contributed by atoms with Crippen molar-refractivity contribution >= 4 is 67.2 Å². The summed E-state index contributed by atoms with van der Waals surface area (Å²) in [6.45, 7) is 9.12. The minimum Gasteiger partial charge on any atom is -0.337 e. The van der Waals surface area contributed by atoms with E-state index in [0.29, 0.717) is 6.04 Å². The minimum atomic E-state index is 0.540. The van der Waals surface area contributed by atoms with Gasteiger partial charge in [0.1, 0.15) is 11.0 Å². The number of benzene rings is 3. The smallest absolute Gasteiger partial charge is 0.114 e. The third-order valence-electron chi connectivity index (χ3n) is 11.7. The lowest BCUT2D eigenvalue weighted by molar-refractivity contribution is 0.410. The minimum absolute atomic E-state index is 0.540. The topological polar surface area (TPSA) is 30.7 Å². The third kappa shape index (κ3) is 7.53. The molecule has 0 amide bonds. The first-order valence-corrected chi connectivity index (χ1v) is 22.9. The molecular formula is C47H55N3S3. The summed E-state index contributed by atoms with van der Waals surface area (Å²) in [5, 5.41) is 3.08. The lowest BCUT2D eigenvalue weighted by atomic mass is 9.89. The van der Waals surface area contributed by atoms with Gasteiger partial charge in [-0.15, -0.1) is 22.7 Å². The van der Waals surface area contributed by atoms with E-state index >= 15 is 0 Å². The highest BCUT2D eigenvalue weighted by Gasteiger charge is 2.26. The Balaban J connectivity index is 1.18. The van der Waals surface area contributed by atoms with Crippen molar-refractivity contribution in [1.82, 2.24) is 13.3 Å². The van der Waals surface area contributed by atoms with E-state index in [1.54, 1.807) is 10.9 Å². The van der Waals surface area contributed by atoms with Crippen LogP contribution in [0.4, 0.5) is 0 Å². The van der Waals surface area contributed by atoms with Crippen LogP contribution in [-0.4, -0.2) is 13.3 Å². The molecule has 3 aromatic carbocycles. The van der Waals surface area contributed by atoms with E-state index in [1.165, 1.54) is 165 Å². The predicted molar refractivity (Wildman–Crippen MR) is 234 cm³/mol. The second-order valence-corrected chi connectivity index (χ2v) is 18.6. The van der Waals surface area contributed by atoms with Crippen LogP contribution < -0.4 is 0 Å². The van der Waals surface area contributed by atoms with Crippen molar-refractivity contribution in [3.63, 3.8) is 0 Å². The van der Waals surface area contributed by atoms with E-state index in [0.717, 1.165) is 23.9 Å². The molecule has 0 radical (unpaired) electrons. The van der Waals surface area contributed by atoms with Crippen LogP contribution in [-0.2, 0) is 12.8 Å². The second-order valence-electron chi connectivity index (χ2n) is 15.7. The zero-order valence-electron chi connectivity index (χ0n) is 32.2. The monoisotopic (exact) mass is 757 g/mol. The number of aryl methyl sites for hydroxylation is 4. The summed E-state index contributed by atoms with van der Waals surface area (Å²) in [6.07, 6.45) is 21.1. The van der Waals surface area contributed by atoms with Crippen LogP contribution >= 0.6 is 34.4 Å². The molecule has 0 saturated carbocycles. The van der Waals surface area contributed by atoms with Gasteiger partial charge < -0.3 is 4.57 Å². The van der Waals surface area contributed by atoms with Gasteiger partial charge in [-0.25, -0.2) is 0 Å². The van der Waals surface area contributed by atoms with E-state index < -0.39 is 0 Å². The molecule has 0 unspecified atom stereocenters. The fourth-order valence-corrected chi connectivity index (χ4v) is 11.5. The summed E-state index contributed by atoms with van der Waals surface area (Å²) in [5.74, 6) is 0. The Labute approximate surface area is 328 Å². The Morgan fingerprint density at radius 1 is 0.585 bits per heavy atom. The van der Waals surface area contributed by atoms with Crippen molar-refractivity contribution in [3.05, 3.63) is 82.2 Å². The number of hydrogen-bond acceptors (Lipinski definition) is 5. The average molecular weight is 758 g/mol. The van der Waals surface area contributed by atoms with E-state index in [1.807, 2.05) is 22.7 Å². The molecule has 53 heavy (non-hydrogen) atoms. The van der Waals surface area contributed by atoms with E-state index in [4.69, 9.17) is 8.75 Å². The molecule has 1 aliphatic carbocycles. The van der Waals surface area contributed by atoms with Crippen molar-refractivity contribution in [2.75, 3.05) is 0 Å². The molecule has 1 aliphatic rings. The van der Waals surface area contributed by atoms with Crippen molar-refractivity contribution in [1.29, 1.82) is 0 Å². The molecule has 0 saturated heterocycles. The Kier molecular flexibility index (Phi) is 11.5. The van der Waals surface area contributed by atoms with Crippen LogP contribution in [0.15, 0.2) is 60.7 Å². The highest BCUT2D eigenvalue weighted by Crippen LogP contribution is 2.46. The van der Waals surface area contributed by atoms with Crippen LogP contribution in [0.25, 0.3) is 64.2 Å². The van der Waals surface area contributed by atoms with Gasteiger partial charge in [-0.05, 0) is 104 Å². The van der Waals surface area contributed by atoms with E-state index in [9.17, 15) is 0 Å². The summed E-state index contributed by atoms with van der Waals surface area (Å²) >= 11 is 5.06. The summed E-state index contributed by atoms with van der Waals surface area (Å²) in [5.41, 5.74) is 13.2. The summed E-state index contributed by atoms with van der Waals surface area (Å²) in [6, 6.07) is 24.2. The highest BCUT2D eigenvalue weighted by molar-refractivity contribution is 7.19. The number of thiophene rings is 2. The Hall–Kier alpha value is -3.32. The lowest BCUT2D eigenvalue weighted by Gasteiger charge is -2.22. The lowest BCUT2D eigenvalue weighted by Crippen LogP contribution is -2.10. The maximum absolute atomic E-state index is 4.84. The molecule has 0 spiro atoms. The maximum atomic E-state index is 4.84. The molecule has 4 aromatic heterocycles. The number of nitrogens with zero attached hydrogens (tertiary/aromatic N) is 3. The zero-order valence-corrected chi connectivity index (χ0v) is 34.7. The quantitative estimate of drug-likeness (QED) is 0.0816. The van der Waals surface area contributed by atoms with E-state index in [2.05, 4.69) is 92.9 Å². The Morgan fingerprint density at radius 3 is 1.75 bits per heavy atom. The SMILES string of the molecule is CCCCCCCCC(CCCCCCCC)n1c2cc(C)cc3c2c2c(cc(-c4ccc(-c5ccc(-c6ccc(C)s6)c6nsnc56)s4)cc21)CC3. The number of aromatic nitrogens is 3. The first-order valence-electron chi connectivity index (χ1n) is 20.6. The molecule has 6 heteroatoms. The number of hydrogen-bond donors (Lipinski definition) is 0. The highest BCUT2D eigenvalue weighted by atomic mass is 32.1. The van der Waals surface area contributed by atoms with Crippen molar-refractivity contribution in [3.8, 4) is 31.3 Å². The molecule has 3 nitrogen and oxygen atoms in total. The van der Waals surface area contributed by atoms with E-state index in [-0.39, 0.29) is 0 Å². The number of fused-ring (bicyclic) bond motifs is 1. The van der Waals surface area contributed by atoms with Crippen LogP contribution in [0, 0.1) is 13.8 Å². The molecular weight excluding hydrogens is 703 g/mol. The Bertz CT molecular complexity index is 2320. The third-order valence-corrected chi connectivity index (χ3v) is 14.4. The standard InChI is InChI=1S/C47H55N3S3/c1-5-7-9-11-13-15-17-36(18-16-14-12-10-8-6-2)50-39-28-31(3)27-33-20-21-34-29-35(30-40(50)45(34)44(33)39)41-25-26-43(52-41)38-23-22-37(42-24-19-32(4)51-42)46-47(38)49-53-48-46/h19,22-30,36H,5-18,20-21H2,1-4H3. The van der Waals surface area contributed by atoms with Crippen molar-refractivity contribution in [2.24, 2.45) is 0 Å². The largest absolute Gasteiger partial charge is 0.337 e. The normalized spacial score (nSPS) is 12.8. The van der Waals surface area contributed by atoms with Crippen LogP contribution in [0.5, 0.6) is 0 Å². The molecule has 7 aromatic rings. The van der Waals surface area contributed by atoms with Crippen LogP contribution in [0.2, 0.25) is 0 Å². The van der Waals surface area contributed by atoms with Crippen LogP contribution in [0.3, 0.4) is 0 Å². The second kappa shape index (κ2) is 16.6. The molecule has 0 N–H and O–H groups in total. The predicted octanol–water partition coefficient (Wildman–Crippen LogP) is 15.7. The number of unbranched alkanes of at least 4 members (excludes halogenated alkanes) is 10.